The molecule has 0 saturated heterocycles. The summed E-state index contributed by atoms with van der Waals surface area (Å²) in [5, 5.41) is 1.19. The zero-order valence-electron chi connectivity index (χ0n) is 14.9. The quantitative estimate of drug-likeness (QED) is 0.533. The van der Waals surface area contributed by atoms with Crippen molar-refractivity contribution in [3.8, 4) is 5.75 Å². The predicted molar refractivity (Wildman–Crippen MR) is 106 cm³/mol. The Labute approximate surface area is 155 Å². The Kier molecular flexibility index (Phi) is 5.15. The summed E-state index contributed by atoms with van der Waals surface area (Å²) in [6.45, 7) is 1.19. The van der Waals surface area contributed by atoms with Gasteiger partial charge < -0.3 is 19.5 Å². The van der Waals surface area contributed by atoms with Crippen LogP contribution in [0.4, 0.5) is 5.69 Å². The van der Waals surface area contributed by atoms with Crippen LogP contribution in [0.3, 0.4) is 0 Å². The number of halogens is 1. The average molecular weight is 374 g/mol. The molecule has 0 aliphatic carbocycles. The normalized spacial score (nSPS) is 11.3. The number of likely N-dealkylation sites (N-methyl/N-ethyl adjacent to an activating group) is 1. The molecule has 0 bridgehead atoms. The Morgan fingerprint density at radius 2 is 1.96 bits per heavy atom. The van der Waals surface area contributed by atoms with Gasteiger partial charge in [0.1, 0.15) is 5.75 Å². The molecule has 26 heavy (non-hydrogen) atoms. The van der Waals surface area contributed by atoms with Gasteiger partial charge in [-0.15, -0.1) is 0 Å². The van der Waals surface area contributed by atoms with Crippen molar-refractivity contribution in [1.29, 1.82) is 0 Å². The van der Waals surface area contributed by atoms with Crippen molar-refractivity contribution >= 4 is 45.5 Å². The van der Waals surface area contributed by atoms with Crippen LogP contribution in [0.25, 0.3) is 21.8 Å². The van der Waals surface area contributed by atoms with E-state index >= 15 is 0 Å². The second-order valence-corrected chi connectivity index (χ2v) is 6.69. The van der Waals surface area contributed by atoms with Gasteiger partial charge in [0.15, 0.2) is 5.43 Å². The molecule has 3 rings (SSSR count). The van der Waals surface area contributed by atoms with Crippen molar-refractivity contribution in [1.82, 2.24) is 9.88 Å². The number of H-pyrrole nitrogens is 1. The number of pyridine rings is 1. The van der Waals surface area contributed by atoms with E-state index in [9.17, 15) is 9.59 Å². The number of nitrogens with one attached hydrogen (secondary N) is 1. The molecular formula is C19H20ClN3O3. The van der Waals surface area contributed by atoms with Crippen LogP contribution in [0.5, 0.6) is 5.75 Å². The van der Waals surface area contributed by atoms with E-state index in [1.54, 1.807) is 42.3 Å². The third-order valence-electron chi connectivity index (χ3n) is 4.32. The number of aromatic nitrogens is 1. The van der Waals surface area contributed by atoms with Gasteiger partial charge in [-0.3, -0.25) is 9.59 Å². The Morgan fingerprint density at radius 1 is 1.19 bits per heavy atom. The summed E-state index contributed by atoms with van der Waals surface area (Å²) < 4.78 is 5.21. The SMILES string of the molecule is COc1ccc2[nH]c3c(N(C=O)CCN(C)C)ccc(Cl)c3c(=O)c2c1. The molecular weight excluding hydrogens is 354 g/mol. The number of amides is 1. The van der Waals surface area contributed by atoms with E-state index in [0.717, 1.165) is 6.41 Å². The molecule has 0 spiro atoms. The van der Waals surface area contributed by atoms with Crippen LogP contribution >= 0.6 is 11.6 Å². The molecule has 0 aliphatic heterocycles. The number of methoxy groups -OCH3 is 1. The highest BCUT2D eigenvalue weighted by Crippen LogP contribution is 2.30. The minimum absolute atomic E-state index is 0.196. The van der Waals surface area contributed by atoms with Gasteiger partial charge in [0.25, 0.3) is 0 Å². The van der Waals surface area contributed by atoms with Gasteiger partial charge in [-0.1, -0.05) is 11.6 Å². The molecule has 2 aromatic carbocycles. The highest BCUT2D eigenvalue weighted by Gasteiger charge is 2.16. The molecule has 0 atom stereocenters. The van der Waals surface area contributed by atoms with E-state index in [2.05, 4.69) is 4.98 Å². The van der Waals surface area contributed by atoms with E-state index in [-0.39, 0.29) is 5.43 Å². The lowest BCUT2D eigenvalue weighted by Crippen LogP contribution is -2.31. The largest absolute Gasteiger partial charge is 0.497 e. The highest BCUT2D eigenvalue weighted by atomic mass is 35.5. The molecule has 1 amide bonds. The molecule has 0 saturated carbocycles. The molecule has 0 unspecified atom stereocenters. The van der Waals surface area contributed by atoms with Gasteiger partial charge in [0.2, 0.25) is 6.41 Å². The fourth-order valence-corrected chi connectivity index (χ4v) is 3.15. The standard InChI is InChI=1S/C19H20ClN3O3/c1-22(2)8-9-23(11-24)16-7-5-14(20)17-18(16)21-15-6-4-12(26-3)10-13(15)19(17)25/h4-7,10-11H,8-9H2,1-3H3,(H,21,25). The Morgan fingerprint density at radius 3 is 2.62 bits per heavy atom. The summed E-state index contributed by atoms with van der Waals surface area (Å²) in [7, 11) is 5.42. The molecule has 6 nitrogen and oxygen atoms in total. The topological polar surface area (TPSA) is 65.6 Å². The number of nitrogens with zero attached hydrogens (tertiary/aromatic N) is 2. The molecule has 3 aromatic rings. The summed E-state index contributed by atoms with van der Waals surface area (Å²) in [4.78, 5) is 31.5. The van der Waals surface area contributed by atoms with Gasteiger partial charge >= 0.3 is 0 Å². The molecule has 1 aromatic heterocycles. The van der Waals surface area contributed by atoms with Crippen LogP contribution in [-0.2, 0) is 4.79 Å². The van der Waals surface area contributed by atoms with Crippen LogP contribution in [0.15, 0.2) is 35.1 Å². The van der Waals surface area contributed by atoms with Crippen LogP contribution < -0.4 is 15.1 Å². The third kappa shape index (κ3) is 3.25. The van der Waals surface area contributed by atoms with Crippen molar-refractivity contribution in [3.05, 3.63) is 45.6 Å². The molecule has 0 radical (unpaired) electrons. The highest BCUT2D eigenvalue weighted by molar-refractivity contribution is 6.36. The maximum atomic E-state index is 13.0. The van der Waals surface area contributed by atoms with E-state index < -0.39 is 0 Å². The number of fused-ring (bicyclic) bond motifs is 2. The van der Waals surface area contributed by atoms with Gasteiger partial charge in [0, 0.05) is 18.5 Å². The number of hydrogen-bond donors (Lipinski definition) is 1. The predicted octanol–water partition coefficient (Wildman–Crippen LogP) is 2.87. The number of benzene rings is 2. The van der Waals surface area contributed by atoms with Crippen LogP contribution in [0.2, 0.25) is 5.02 Å². The van der Waals surface area contributed by atoms with Crippen molar-refractivity contribution in [2.24, 2.45) is 0 Å². The van der Waals surface area contributed by atoms with E-state index in [4.69, 9.17) is 16.3 Å². The number of carbonyl (C=O) groups is 1. The van der Waals surface area contributed by atoms with Gasteiger partial charge in [-0.05, 0) is 44.4 Å². The number of rotatable bonds is 6. The van der Waals surface area contributed by atoms with Crippen LogP contribution in [0, 0.1) is 0 Å². The van der Waals surface area contributed by atoms with Gasteiger partial charge in [-0.25, -0.2) is 0 Å². The van der Waals surface area contributed by atoms with Gasteiger partial charge in [-0.2, -0.15) is 0 Å². The number of hydrogen-bond acceptors (Lipinski definition) is 4. The summed E-state index contributed by atoms with van der Waals surface area (Å²) >= 11 is 6.32. The van der Waals surface area contributed by atoms with Crippen molar-refractivity contribution in [3.63, 3.8) is 0 Å². The van der Waals surface area contributed by atoms with E-state index in [0.29, 0.717) is 51.4 Å². The number of carbonyl (C=O) groups excluding carboxylic acids is 1. The lowest BCUT2D eigenvalue weighted by atomic mass is 10.1. The number of anilines is 1. The lowest BCUT2D eigenvalue weighted by Gasteiger charge is -2.22. The molecule has 1 N–H and O–H groups in total. The molecule has 7 heteroatoms. The molecule has 0 aliphatic rings. The summed E-state index contributed by atoms with van der Waals surface area (Å²) in [6.07, 6.45) is 0.767. The van der Waals surface area contributed by atoms with E-state index in [1.807, 2.05) is 19.0 Å². The summed E-state index contributed by atoms with van der Waals surface area (Å²) in [5.74, 6) is 0.593. The molecule has 136 valence electrons. The fraction of sp³-hybridized carbons (Fsp3) is 0.263. The first-order valence-electron chi connectivity index (χ1n) is 8.15. The summed E-state index contributed by atoms with van der Waals surface area (Å²) in [5.41, 5.74) is 1.63. The minimum atomic E-state index is -0.196. The van der Waals surface area contributed by atoms with Gasteiger partial charge in [0.05, 0.1) is 34.2 Å². The molecule has 0 fully saturated rings. The van der Waals surface area contributed by atoms with Crippen LogP contribution in [0.1, 0.15) is 0 Å². The monoisotopic (exact) mass is 373 g/mol. The fourth-order valence-electron chi connectivity index (χ4n) is 2.91. The van der Waals surface area contributed by atoms with Crippen LogP contribution in [-0.4, -0.2) is 50.6 Å². The zero-order valence-corrected chi connectivity index (χ0v) is 15.6. The first-order valence-corrected chi connectivity index (χ1v) is 8.53. The Balaban J connectivity index is 2.28. The second-order valence-electron chi connectivity index (χ2n) is 6.28. The van der Waals surface area contributed by atoms with Crippen molar-refractivity contribution < 1.29 is 9.53 Å². The number of aromatic amines is 1. The van der Waals surface area contributed by atoms with Crippen molar-refractivity contribution in [2.75, 3.05) is 39.2 Å². The first-order chi connectivity index (χ1) is 12.5. The Bertz CT molecular complexity index is 1030. The maximum absolute atomic E-state index is 13.0. The average Bonchev–Trinajstić information content (AvgIpc) is 2.63. The van der Waals surface area contributed by atoms with Crippen molar-refractivity contribution in [2.45, 2.75) is 0 Å². The third-order valence-corrected chi connectivity index (χ3v) is 4.63. The summed E-state index contributed by atoms with van der Waals surface area (Å²) in [6, 6.07) is 8.63. The number of ether oxygens (including phenoxy) is 1. The first kappa shape index (κ1) is 18.2. The Hall–Kier alpha value is -2.57. The maximum Gasteiger partial charge on any atom is 0.214 e. The zero-order chi connectivity index (χ0) is 18.8. The minimum Gasteiger partial charge on any atom is -0.497 e. The van der Waals surface area contributed by atoms with E-state index in [1.165, 1.54) is 0 Å². The smallest absolute Gasteiger partial charge is 0.214 e. The lowest BCUT2D eigenvalue weighted by molar-refractivity contribution is -0.107. The second kappa shape index (κ2) is 7.35. The molecule has 1 heterocycles.